The number of hydrogen-bond acceptors (Lipinski definition) is 3. The molecule has 3 nitrogen and oxygen atoms in total. The lowest BCUT2D eigenvalue weighted by molar-refractivity contribution is -0.149. The molecule has 3 heteroatoms. The summed E-state index contributed by atoms with van der Waals surface area (Å²) in [6.07, 6.45) is 14.0. The molecule has 4 rings (SSSR count). The van der Waals surface area contributed by atoms with Crippen LogP contribution in [0.3, 0.4) is 0 Å². The zero-order valence-electron chi connectivity index (χ0n) is 16.7. The highest BCUT2D eigenvalue weighted by atomic mass is 16.5. The largest absolute Gasteiger partial charge is 0.469 e. The minimum atomic E-state index is -0.0815. The van der Waals surface area contributed by atoms with Crippen LogP contribution < -0.4 is 0 Å². The minimum absolute atomic E-state index is 0.0815. The first-order chi connectivity index (χ1) is 12.5. The maximum absolute atomic E-state index is 13.2. The molecule has 0 aromatic carbocycles. The fourth-order valence-corrected chi connectivity index (χ4v) is 7.73. The molecule has 0 heterocycles. The van der Waals surface area contributed by atoms with Gasteiger partial charge in [-0.1, -0.05) is 19.8 Å². The summed E-state index contributed by atoms with van der Waals surface area (Å²) in [5.74, 6) is 4.33. The highest BCUT2D eigenvalue weighted by molar-refractivity contribution is 5.83. The SMILES string of the molecule is COC(=O)CCCC1CCC2C1CCC1C2C(=O)C[C@@H]2CCCC[C@]12C. The first-order valence-electron chi connectivity index (χ1n) is 11.1. The van der Waals surface area contributed by atoms with Crippen molar-refractivity contribution < 1.29 is 14.3 Å². The molecule has 7 atom stereocenters. The lowest BCUT2D eigenvalue weighted by Gasteiger charge is -2.57. The van der Waals surface area contributed by atoms with E-state index < -0.39 is 0 Å². The van der Waals surface area contributed by atoms with Crippen molar-refractivity contribution in [3.63, 3.8) is 0 Å². The van der Waals surface area contributed by atoms with Gasteiger partial charge >= 0.3 is 5.97 Å². The molecule has 0 amide bonds. The van der Waals surface area contributed by atoms with Gasteiger partial charge in [0, 0.05) is 18.8 Å². The Kier molecular flexibility index (Phi) is 5.18. The molecule has 4 fully saturated rings. The molecule has 0 aliphatic heterocycles. The Hall–Kier alpha value is -0.860. The first-order valence-corrected chi connectivity index (χ1v) is 11.1. The predicted octanol–water partition coefficient (Wildman–Crippen LogP) is 5.17. The minimum Gasteiger partial charge on any atom is -0.469 e. The van der Waals surface area contributed by atoms with Crippen LogP contribution in [-0.4, -0.2) is 18.9 Å². The number of fused-ring (bicyclic) bond motifs is 5. The third kappa shape index (κ3) is 3.03. The topological polar surface area (TPSA) is 43.4 Å². The Bertz CT molecular complexity index is 556. The van der Waals surface area contributed by atoms with E-state index in [-0.39, 0.29) is 5.97 Å². The van der Waals surface area contributed by atoms with Crippen molar-refractivity contribution in [2.75, 3.05) is 7.11 Å². The molecular formula is C23H36O3. The summed E-state index contributed by atoms with van der Waals surface area (Å²) < 4.78 is 4.78. The van der Waals surface area contributed by atoms with Crippen LogP contribution in [0.2, 0.25) is 0 Å². The van der Waals surface area contributed by atoms with Crippen LogP contribution in [0.15, 0.2) is 0 Å². The van der Waals surface area contributed by atoms with Crippen molar-refractivity contribution >= 4 is 11.8 Å². The molecule has 4 aliphatic carbocycles. The summed E-state index contributed by atoms with van der Waals surface area (Å²) in [4.78, 5) is 24.6. The molecule has 146 valence electrons. The van der Waals surface area contributed by atoms with Gasteiger partial charge in [-0.05, 0) is 86.4 Å². The van der Waals surface area contributed by atoms with Crippen LogP contribution in [0, 0.1) is 40.9 Å². The van der Waals surface area contributed by atoms with Gasteiger partial charge in [0.15, 0.2) is 0 Å². The average molecular weight is 361 g/mol. The van der Waals surface area contributed by atoms with Gasteiger partial charge in [-0.25, -0.2) is 0 Å². The van der Waals surface area contributed by atoms with Crippen molar-refractivity contribution in [2.24, 2.45) is 40.9 Å². The normalized spacial score (nSPS) is 44.8. The summed E-state index contributed by atoms with van der Waals surface area (Å²) in [5.41, 5.74) is 0.435. The summed E-state index contributed by atoms with van der Waals surface area (Å²) in [7, 11) is 1.48. The highest BCUT2D eigenvalue weighted by Crippen LogP contribution is 2.63. The van der Waals surface area contributed by atoms with Crippen LogP contribution in [0.4, 0.5) is 0 Å². The number of rotatable bonds is 4. The molecule has 0 N–H and O–H groups in total. The Morgan fingerprint density at radius 2 is 1.92 bits per heavy atom. The maximum atomic E-state index is 13.2. The molecule has 0 aromatic heterocycles. The van der Waals surface area contributed by atoms with Gasteiger partial charge in [0.05, 0.1) is 7.11 Å². The van der Waals surface area contributed by atoms with Crippen molar-refractivity contribution in [3.05, 3.63) is 0 Å². The van der Waals surface area contributed by atoms with E-state index in [9.17, 15) is 9.59 Å². The number of hydrogen-bond donors (Lipinski definition) is 0. The van der Waals surface area contributed by atoms with Crippen molar-refractivity contribution in [1.82, 2.24) is 0 Å². The molecule has 4 aliphatic rings. The van der Waals surface area contributed by atoms with Crippen LogP contribution in [0.25, 0.3) is 0 Å². The first kappa shape index (κ1) is 18.5. The second kappa shape index (κ2) is 7.28. The van der Waals surface area contributed by atoms with Crippen molar-refractivity contribution in [1.29, 1.82) is 0 Å². The molecule has 4 saturated carbocycles. The second-order valence-corrected chi connectivity index (χ2v) is 9.96. The third-order valence-corrected chi connectivity index (χ3v) is 9.03. The second-order valence-electron chi connectivity index (χ2n) is 9.96. The number of esters is 1. The van der Waals surface area contributed by atoms with Crippen LogP contribution in [0.5, 0.6) is 0 Å². The Morgan fingerprint density at radius 1 is 1.12 bits per heavy atom. The number of carbonyl (C=O) groups excluding carboxylic acids is 2. The van der Waals surface area contributed by atoms with Crippen LogP contribution >= 0.6 is 0 Å². The predicted molar refractivity (Wildman–Crippen MR) is 101 cm³/mol. The van der Waals surface area contributed by atoms with Gasteiger partial charge in [0.1, 0.15) is 5.78 Å². The van der Waals surface area contributed by atoms with Gasteiger partial charge in [-0.15, -0.1) is 0 Å². The maximum Gasteiger partial charge on any atom is 0.305 e. The number of ether oxygens (including phenoxy) is 1. The molecule has 0 spiro atoms. The van der Waals surface area contributed by atoms with Gasteiger partial charge in [0.2, 0.25) is 0 Å². The van der Waals surface area contributed by atoms with Crippen molar-refractivity contribution in [2.45, 2.75) is 84.0 Å². The van der Waals surface area contributed by atoms with E-state index in [4.69, 9.17) is 4.74 Å². The number of methoxy groups -OCH3 is 1. The Balaban J connectivity index is 1.45. The Morgan fingerprint density at radius 3 is 2.73 bits per heavy atom. The molecule has 5 unspecified atom stereocenters. The number of carbonyl (C=O) groups is 2. The van der Waals surface area contributed by atoms with Gasteiger partial charge in [0.25, 0.3) is 0 Å². The van der Waals surface area contributed by atoms with E-state index in [1.807, 2.05) is 0 Å². The quantitative estimate of drug-likeness (QED) is 0.650. The van der Waals surface area contributed by atoms with Gasteiger partial charge < -0.3 is 4.74 Å². The smallest absolute Gasteiger partial charge is 0.305 e. The van der Waals surface area contributed by atoms with E-state index in [1.165, 1.54) is 58.5 Å². The monoisotopic (exact) mass is 360 g/mol. The zero-order chi connectivity index (χ0) is 18.3. The summed E-state index contributed by atoms with van der Waals surface area (Å²) in [6, 6.07) is 0. The summed E-state index contributed by atoms with van der Waals surface area (Å²) in [5, 5.41) is 0. The van der Waals surface area contributed by atoms with E-state index >= 15 is 0 Å². The summed E-state index contributed by atoms with van der Waals surface area (Å²) >= 11 is 0. The summed E-state index contributed by atoms with van der Waals surface area (Å²) in [6.45, 7) is 2.53. The molecule has 0 radical (unpaired) electrons. The number of Topliss-reactive ketones (excluding diaryl/α,β-unsaturated/α-hetero) is 1. The highest BCUT2D eigenvalue weighted by Gasteiger charge is 2.58. The van der Waals surface area contributed by atoms with Gasteiger partial charge in [-0.3, -0.25) is 9.59 Å². The zero-order valence-corrected chi connectivity index (χ0v) is 16.7. The third-order valence-electron chi connectivity index (χ3n) is 9.03. The standard InChI is InChI=1S/C23H36O3/c1-23-13-4-3-7-16(23)14-20(24)22-18-10-9-15(6-5-8-21(25)26-2)17(18)11-12-19(22)23/h15-19,22H,3-14H2,1-2H3/t15?,16-,17?,18?,19?,22?,23-/m0/s1. The van der Waals surface area contributed by atoms with E-state index in [1.54, 1.807) is 0 Å². The fourth-order valence-electron chi connectivity index (χ4n) is 7.73. The van der Waals surface area contributed by atoms with Crippen LogP contribution in [-0.2, 0) is 14.3 Å². The van der Waals surface area contributed by atoms with E-state index in [2.05, 4.69) is 6.92 Å². The van der Waals surface area contributed by atoms with Gasteiger partial charge in [-0.2, -0.15) is 0 Å². The average Bonchev–Trinajstić information content (AvgIpc) is 3.05. The van der Waals surface area contributed by atoms with Crippen LogP contribution in [0.1, 0.15) is 84.0 Å². The molecule has 0 aromatic rings. The fraction of sp³-hybridized carbons (Fsp3) is 0.913. The Labute approximate surface area is 158 Å². The lowest BCUT2D eigenvalue weighted by Crippen LogP contribution is -2.54. The van der Waals surface area contributed by atoms with Crippen molar-refractivity contribution in [3.8, 4) is 0 Å². The molecule has 0 saturated heterocycles. The van der Waals surface area contributed by atoms with E-state index in [0.717, 1.165) is 31.1 Å². The molecular weight excluding hydrogens is 324 g/mol. The lowest BCUT2D eigenvalue weighted by atomic mass is 9.47. The molecule has 0 bridgehead atoms. The van der Waals surface area contributed by atoms with E-state index in [0.29, 0.717) is 41.3 Å². The number of ketones is 1. The molecule has 26 heavy (non-hydrogen) atoms.